The van der Waals surface area contributed by atoms with Crippen molar-refractivity contribution in [3.05, 3.63) is 59.2 Å². The third-order valence-corrected chi connectivity index (χ3v) is 5.61. The second-order valence-electron chi connectivity index (χ2n) is 6.65. The van der Waals surface area contributed by atoms with E-state index in [4.69, 9.17) is 15.7 Å². The Balaban J connectivity index is 1.67. The van der Waals surface area contributed by atoms with Crippen molar-refractivity contribution in [3.63, 3.8) is 0 Å². The van der Waals surface area contributed by atoms with Crippen LogP contribution in [0.4, 0.5) is 5.82 Å². The van der Waals surface area contributed by atoms with Crippen LogP contribution < -0.4 is 15.5 Å². The summed E-state index contributed by atoms with van der Waals surface area (Å²) in [6, 6.07) is 17.3. The van der Waals surface area contributed by atoms with E-state index in [1.54, 1.807) is 19.1 Å². The number of carbonyl (C=O) groups is 1. The summed E-state index contributed by atoms with van der Waals surface area (Å²) in [6.45, 7) is 0.464. The number of benzene rings is 2. The summed E-state index contributed by atoms with van der Waals surface area (Å²) in [4.78, 5) is 17.1. The van der Waals surface area contributed by atoms with Crippen molar-refractivity contribution >= 4 is 34.3 Å². The Morgan fingerprint density at radius 2 is 1.83 bits per heavy atom. The molecule has 150 valence electrons. The topological polar surface area (TPSA) is 117 Å². The van der Waals surface area contributed by atoms with Crippen molar-refractivity contribution in [2.45, 2.75) is 11.6 Å². The molecule has 1 heterocycles. The minimum absolute atomic E-state index is 0.0879. The number of nitrogens with zero attached hydrogens (tertiary/aromatic N) is 3. The number of H-pyrrole nitrogens is 1. The van der Waals surface area contributed by atoms with E-state index >= 15 is 0 Å². The predicted molar refractivity (Wildman–Crippen MR) is 115 cm³/mol. The van der Waals surface area contributed by atoms with Crippen LogP contribution in [0, 0.1) is 22.7 Å². The van der Waals surface area contributed by atoms with E-state index in [9.17, 15) is 10.1 Å². The molecule has 0 aliphatic rings. The fourth-order valence-electron chi connectivity index (χ4n) is 2.94. The van der Waals surface area contributed by atoms with Gasteiger partial charge in [-0.05, 0) is 40.6 Å². The molecule has 0 saturated carbocycles. The first-order valence-electron chi connectivity index (χ1n) is 9.04. The van der Waals surface area contributed by atoms with Crippen LogP contribution in [0.15, 0.2) is 47.5 Å². The maximum Gasteiger partial charge on any atom is 0.289 e. The van der Waals surface area contributed by atoms with Gasteiger partial charge < -0.3 is 9.64 Å². The lowest BCUT2D eigenvalue weighted by Gasteiger charge is -2.17. The lowest BCUT2D eigenvalue weighted by Crippen LogP contribution is -2.28. The average Bonchev–Trinajstić information content (AvgIpc) is 2.76. The number of pyridine rings is 1. The van der Waals surface area contributed by atoms with Gasteiger partial charge in [-0.3, -0.25) is 10.5 Å². The fraction of sp³-hybridized carbons (Fsp3) is 0.182. The van der Waals surface area contributed by atoms with E-state index in [0.717, 1.165) is 22.1 Å². The number of nitriles is 2. The molecule has 0 aliphatic heterocycles. The number of fused-ring (bicyclic) bond motifs is 1. The van der Waals surface area contributed by atoms with Crippen molar-refractivity contribution in [1.29, 1.82) is 10.5 Å². The SMILES string of the molecule is COc1ccc2cc(CN(C)C(=O)CSc3[nH+]c(N)c(C#N)cc3C#N)ccc2c1. The number of methoxy groups -OCH3 is 1. The molecule has 0 unspecified atom stereocenters. The summed E-state index contributed by atoms with van der Waals surface area (Å²) >= 11 is 1.19. The minimum atomic E-state index is -0.0879. The maximum atomic E-state index is 12.6. The average molecular weight is 419 g/mol. The monoisotopic (exact) mass is 418 g/mol. The van der Waals surface area contributed by atoms with Gasteiger partial charge >= 0.3 is 0 Å². The van der Waals surface area contributed by atoms with Gasteiger partial charge in [-0.15, -0.1) is 0 Å². The first kappa shape index (κ1) is 21.0. The van der Waals surface area contributed by atoms with E-state index in [-0.39, 0.29) is 28.6 Å². The van der Waals surface area contributed by atoms with Crippen molar-refractivity contribution in [3.8, 4) is 17.9 Å². The molecule has 3 N–H and O–H groups in total. The molecular formula is C22H20N5O2S+. The third-order valence-electron chi connectivity index (χ3n) is 4.61. The molecule has 2 aromatic carbocycles. The van der Waals surface area contributed by atoms with Gasteiger partial charge in [0.25, 0.3) is 5.82 Å². The van der Waals surface area contributed by atoms with Crippen LogP contribution in [0.2, 0.25) is 0 Å². The van der Waals surface area contributed by atoms with E-state index in [1.807, 2.05) is 42.5 Å². The van der Waals surface area contributed by atoms with E-state index in [2.05, 4.69) is 11.1 Å². The fourth-order valence-corrected chi connectivity index (χ4v) is 3.87. The molecule has 8 heteroatoms. The Bertz CT molecular complexity index is 1200. The lowest BCUT2D eigenvalue weighted by molar-refractivity contribution is -0.410. The minimum Gasteiger partial charge on any atom is -0.497 e. The van der Waals surface area contributed by atoms with Crippen molar-refractivity contribution in [1.82, 2.24) is 4.90 Å². The number of rotatable bonds is 6. The normalized spacial score (nSPS) is 10.3. The summed E-state index contributed by atoms with van der Waals surface area (Å²) in [5, 5.41) is 20.9. The maximum absolute atomic E-state index is 12.6. The van der Waals surface area contributed by atoms with Gasteiger partial charge in [0.15, 0.2) is 5.03 Å². The van der Waals surface area contributed by atoms with Crippen LogP contribution in [0.5, 0.6) is 5.75 Å². The van der Waals surface area contributed by atoms with Crippen molar-refractivity contribution in [2.24, 2.45) is 0 Å². The molecule has 0 atom stereocenters. The highest BCUT2D eigenvalue weighted by Crippen LogP contribution is 2.23. The van der Waals surface area contributed by atoms with Crippen LogP contribution in [0.25, 0.3) is 10.8 Å². The van der Waals surface area contributed by atoms with Crippen LogP contribution in [0.3, 0.4) is 0 Å². The zero-order valence-electron chi connectivity index (χ0n) is 16.6. The number of ether oxygens (including phenoxy) is 1. The summed E-state index contributed by atoms with van der Waals surface area (Å²) in [6.07, 6.45) is 0. The molecular weight excluding hydrogens is 398 g/mol. The molecule has 30 heavy (non-hydrogen) atoms. The third kappa shape index (κ3) is 4.62. The molecule has 7 nitrogen and oxygen atoms in total. The lowest BCUT2D eigenvalue weighted by atomic mass is 10.1. The summed E-state index contributed by atoms with van der Waals surface area (Å²) in [5.74, 6) is 1.02. The number of thioether (sulfide) groups is 1. The predicted octanol–water partition coefficient (Wildman–Crippen LogP) is 2.74. The molecule has 0 bridgehead atoms. The summed E-state index contributed by atoms with van der Waals surface area (Å²) in [7, 11) is 3.38. The Kier molecular flexibility index (Phi) is 6.41. The van der Waals surface area contributed by atoms with Gasteiger partial charge in [-0.1, -0.05) is 30.0 Å². The Labute approximate surface area is 178 Å². The number of aromatic nitrogens is 1. The standard InChI is InChI=1S/C22H19N5O2S/c1-27(12-14-3-4-16-9-19(29-2)6-5-15(16)7-14)20(28)13-30-22-18(11-24)8-17(10-23)21(25)26-22/h3-9H,12-13H2,1-2H3,(H2,25,26)/p+1. The largest absolute Gasteiger partial charge is 0.497 e. The highest BCUT2D eigenvalue weighted by atomic mass is 32.2. The van der Waals surface area contributed by atoms with E-state index in [0.29, 0.717) is 11.6 Å². The van der Waals surface area contributed by atoms with Crippen LogP contribution in [-0.2, 0) is 11.3 Å². The molecule has 3 rings (SSSR count). The quantitative estimate of drug-likeness (QED) is 0.615. The zero-order chi connectivity index (χ0) is 21.7. The number of carbonyl (C=O) groups excluding carboxylic acids is 1. The smallest absolute Gasteiger partial charge is 0.289 e. The van der Waals surface area contributed by atoms with Gasteiger partial charge in [0.1, 0.15) is 29.0 Å². The summed E-state index contributed by atoms with van der Waals surface area (Å²) in [5.41, 5.74) is 7.28. The van der Waals surface area contributed by atoms with Gasteiger partial charge in [-0.2, -0.15) is 10.5 Å². The highest BCUT2D eigenvalue weighted by Gasteiger charge is 2.17. The molecule has 0 spiro atoms. The second-order valence-corrected chi connectivity index (χ2v) is 7.63. The van der Waals surface area contributed by atoms with Crippen LogP contribution in [0.1, 0.15) is 16.7 Å². The van der Waals surface area contributed by atoms with Gasteiger partial charge in [0, 0.05) is 13.6 Å². The van der Waals surface area contributed by atoms with Crippen molar-refractivity contribution in [2.75, 3.05) is 25.6 Å². The molecule has 0 saturated heterocycles. The molecule has 0 fully saturated rings. The number of aromatic amines is 1. The van der Waals surface area contributed by atoms with E-state index < -0.39 is 0 Å². The van der Waals surface area contributed by atoms with Crippen molar-refractivity contribution < 1.29 is 14.5 Å². The number of amides is 1. The van der Waals surface area contributed by atoms with Crippen LogP contribution in [-0.4, -0.2) is 30.7 Å². The number of hydrogen-bond donors (Lipinski definition) is 1. The van der Waals surface area contributed by atoms with Gasteiger partial charge in [0.2, 0.25) is 5.91 Å². The van der Waals surface area contributed by atoms with E-state index in [1.165, 1.54) is 17.8 Å². The van der Waals surface area contributed by atoms with Gasteiger partial charge in [-0.25, -0.2) is 4.98 Å². The first-order chi connectivity index (χ1) is 14.4. The Morgan fingerprint density at radius 3 is 2.53 bits per heavy atom. The molecule has 1 aromatic heterocycles. The zero-order valence-corrected chi connectivity index (χ0v) is 17.4. The first-order valence-corrected chi connectivity index (χ1v) is 10.0. The Hall–Kier alpha value is -3.75. The second kappa shape index (κ2) is 9.17. The van der Waals surface area contributed by atoms with Gasteiger partial charge in [0.05, 0.1) is 12.9 Å². The number of anilines is 1. The molecule has 0 radical (unpaired) electrons. The number of nitrogens with two attached hydrogens (primary N) is 1. The number of hydrogen-bond acceptors (Lipinski definition) is 6. The Morgan fingerprint density at radius 1 is 1.13 bits per heavy atom. The van der Waals surface area contributed by atoms with Crippen LogP contribution >= 0.6 is 11.8 Å². The summed E-state index contributed by atoms with van der Waals surface area (Å²) < 4.78 is 5.25. The molecule has 3 aromatic rings. The molecule has 1 amide bonds. The molecule has 0 aliphatic carbocycles. The number of nitrogens with one attached hydrogen (secondary N) is 1. The highest BCUT2D eigenvalue weighted by molar-refractivity contribution is 7.99. The number of nitrogen functional groups attached to an aromatic ring is 1.